The molecule has 0 aliphatic carbocycles. The average Bonchev–Trinajstić information content (AvgIpc) is 2.74. The normalized spacial score (nSPS) is 13.9. The molecule has 152 valence electrons. The number of hydrogen-bond donors (Lipinski definition) is 1. The second kappa shape index (κ2) is 9.32. The predicted molar refractivity (Wildman–Crippen MR) is 108 cm³/mol. The summed E-state index contributed by atoms with van der Waals surface area (Å²) in [5, 5.41) is 2.39. The highest BCUT2D eigenvalue weighted by atomic mass is 19.1. The summed E-state index contributed by atoms with van der Waals surface area (Å²) in [4.78, 5) is 40.2. The maximum Gasteiger partial charge on any atom is 0.288 e. The molecule has 0 saturated carbocycles. The molecule has 0 unspecified atom stereocenters. The van der Waals surface area contributed by atoms with Crippen LogP contribution in [0.15, 0.2) is 48.5 Å². The summed E-state index contributed by atoms with van der Waals surface area (Å²) < 4.78 is 12.9. The first kappa shape index (κ1) is 20.5. The third kappa shape index (κ3) is 5.63. The van der Waals surface area contributed by atoms with Crippen LogP contribution in [0, 0.1) is 12.7 Å². The van der Waals surface area contributed by atoms with E-state index in [0.29, 0.717) is 31.7 Å². The van der Waals surface area contributed by atoms with Gasteiger partial charge in [0.05, 0.1) is 6.54 Å². The summed E-state index contributed by atoms with van der Waals surface area (Å²) in [7, 11) is 0. The molecular weight excluding hydrogens is 373 g/mol. The van der Waals surface area contributed by atoms with E-state index in [1.807, 2.05) is 6.92 Å². The number of carbonyl (C=O) groups is 3. The minimum atomic E-state index is -0.805. The minimum Gasteiger partial charge on any atom is -0.368 e. The molecule has 2 aromatic rings. The Labute approximate surface area is 169 Å². The summed E-state index contributed by atoms with van der Waals surface area (Å²) in [6.07, 6.45) is -0.129. The Hall–Kier alpha value is -3.22. The molecule has 0 spiro atoms. The van der Waals surface area contributed by atoms with Gasteiger partial charge in [-0.15, -0.1) is 0 Å². The first-order valence-electron chi connectivity index (χ1n) is 9.57. The Morgan fingerprint density at radius 1 is 0.931 bits per heavy atom. The highest BCUT2D eigenvalue weighted by molar-refractivity contribution is 6.36. The quantitative estimate of drug-likeness (QED) is 0.754. The lowest BCUT2D eigenvalue weighted by atomic mass is 10.1. The van der Waals surface area contributed by atoms with Crippen molar-refractivity contribution in [3.05, 3.63) is 65.5 Å². The molecule has 1 aliphatic rings. The topological polar surface area (TPSA) is 69.7 Å². The lowest BCUT2D eigenvalue weighted by molar-refractivity contribution is -0.139. The van der Waals surface area contributed by atoms with Crippen LogP contribution in [0.25, 0.3) is 0 Å². The van der Waals surface area contributed by atoms with Crippen molar-refractivity contribution in [3.8, 4) is 0 Å². The van der Waals surface area contributed by atoms with E-state index in [2.05, 4.69) is 34.5 Å². The zero-order chi connectivity index (χ0) is 20.8. The number of aryl methyl sites for hydroxylation is 1. The van der Waals surface area contributed by atoms with Gasteiger partial charge in [-0.1, -0.05) is 29.8 Å². The molecule has 6 nitrogen and oxygen atoms in total. The molecule has 0 atom stereocenters. The highest BCUT2D eigenvalue weighted by Crippen LogP contribution is 2.17. The second-order valence-corrected chi connectivity index (χ2v) is 7.11. The van der Waals surface area contributed by atoms with Crippen molar-refractivity contribution >= 4 is 23.3 Å². The third-order valence-corrected chi connectivity index (χ3v) is 4.96. The van der Waals surface area contributed by atoms with Crippen LogP contribution in [0.2, 0.25) is 0 Å². The van der Waals surface area contributed by atoms with Crippen LogP contribution in [0.3, 0.4) is 0 Å². The molecule has 29 heavy (non-hydrogen) atoms. The van der Waals surface area contributed by atoms with Gasteiger partial charge in [-0.3, -0.25) is 14.4 Å². The van der Waals surface area contributed by atoms with E-state index < -0.39 is 17.5 Å². The largest absolute Gasteiger partial charge is 0.368 e. The number of ketones is 1. The van der Waals surface area contributed by atoms with Crippen LogP contribution in [-0.2, 0) is 20.8 Å². The van der Waals surface area contributed by atoms with E-state index >= 15 is 0 Å². The molecule has 1 aliphatic heterocycles. The van der Waals surface area contributed by atoms with Gasteiger partial charge in [0.25, 0.3) is 5.91 Å². The molecule has 1 saturated heterocycles. The lowest BCUT2D eigenvalue weighted by Gasteiger charge is -2.36. The zero-order valence-electron chi connectivity index (χ0n) is 16.4. The van der Waals surface area contributed by atoms with Gasteiger partial charge in [0.1, 0.15) is 5.82 Å². The fraction of sp³-hybridized carbons (Fsp3) is 0.318. The molecule has 1 heterocycles. The van der Waals surface area contributed by atoms with Crippen molar-refractivity contribution in [3.63, 3.8) is 0 Å². The average molecular weight is 397 g/mol. The molecular formula is C22H24FN3O3. The fourth-order valence-corrected chi connectivity index (χ4v) is 3.20. The third-order valence-electron chi connectivity index (χ3n) is 4.96. The number of benzene rings is 2. The van der Waals surface area contributed by atoms with E-state index in [1.54, 1.807) is 4.90 Å². The number of Topliss-reactive ketones (excluding diaryl/α,β-unsaturated/α-hetero) is 1. The predicted octanol–water partition coefficient (Wildman–Crippen LogP) is 1.71. The first-order valence-corrected chi connectivity index (χ1v) is 9.57. The van der Waals surface area contributed by atoms with Gasteiger partial charge in [-0.25, -0.2) is 4.39 Å². The maximum atomic E-state index is 12.9. The number of nitrogens with zero attached hydrogens (tertiary/aromatic N) is 2. The number of piperazine rings is 1. The van der Waals surface area contributed by atoms with Crippen LogP contribution in [0.4, 0.5) is 10.1 Å². The van der Waals surface area contributed by atoms with Crippen molar-refractivity contribution in [1.82, 2.24) is 10.2 Å². The molecule has 0 bridgehead atoms. The first-order chi connectivity index (χ1) is 13.9. The summed E-state index contributed by atoms with van der Waals surface area (Å²) >= 11 is 0. The SMILES string of the molecule is Cc1ccc(N2CCN(C(=O)CNC(=O)C(=O)Cc3ccc(F)cc3)CC2)cc1. The van der Waals surface area contributed by atoms with Gasteiger partial charge in [-0.05, 0) is 36.8 Å². The van der Waals surface area contributed by atoms with Gasteiger partial charge >= 0.3 is 0 Å². The van der Waals surface area contributed by atoms with Crippen molar-refractivity contribution in [2.45, 2.75) is 13.3 Å². The summed E-state index contributed by atoms with van der Waals surface area (Å²) in [5.74, 6) is -2.08. The molecule has 1 N–H and O–H groups in total. The number of rotatable bonds is 6. The van der Waals surface area contributed by atoms with Crippen molar-refractivity contribution in [1.29, 1.82) is 0 Å². The summed E-state index contributed by atoms with van der Waals surface area (Å²) in [6.45, 7) is 4.38. The number of amides is 2. The summed E-state index contributed by atoms with van der Waals surface area (Å²) in [5.41, 5.74) is 2.87. The molecule has 2 amide bonds. The smallest absolute Gasteiger partial charge is 0.288 e. The maximum absolute atomic E-state index is 12.9. The second-order valence-electron chi connectivity index (χ2n) is 7.11. The van der Waals surface area contributed by atoms with Gasteiger partial charge in [0.15, 0.2) is 0 Å². The number of anilines is 1. The van der Waals surface area contributed by atoms with Crippen LogP contribution >= 0.6 is 0 Å². The standard InChI is InChI=1S/C22H24FN3O3/c1-16-2-8-19(9-3-16)25-10-12-26(13-11-25)21(28)15-24-22(29)20(27)14-17-4-6-18(23)7-5-17/h2-9H,10-15H2,1H3,(H,24,29). The molecule has 0 aromatic heterocycles. The Kier molecular flexibility index (Phi) is 6.59. The fourth-order valence-electron chi connectivity index (χ4n) is 3.20. The number of halogens is 1. The van der Waals surface area contributed by atoms with Crippen LogP contribution < -0.4 is 10.2 Å². The van der Waals surface area contributed by atoms with Crippen molar-refractivity contribution in [2.24, 2.45) is 0 Å². The minimum absolute atomic E-state index is 0.129. The van der Waals surface area contributed by atoms with E-state index in [1.165, 1.54) is 29.8 Å². The summed E-state index contributed by atoms with van der Waals surface area (Å²) in [6, 6.07) is 13.6. The van der Waals surface area contributed by atoms with Gasteiger partial charge in [0, 0.05) is 38.3 Å². The molecule has 1 fully saturated rings. The van der Waals surface area contributed by atoms with E-state index in [4.69, 9.17) is 0 Å². The van der Waals surface area contributed by atoms with Crippen molar-refractivity contribution in [2.75, 3.05) is 37.6 Å². The molecule has 0 radical (unpaired) electrons. The molecule has 3 rings (SSSR count). The van der Waals surface area contributed by atoms with E-state index in [9.17, 15) is 18.8 Å². The molecule has 2 aromatic carbocycles. The van der Waals surface area contributed by atoms with Gasteiger partial charge < -0.3 is 15.1 Å². The molecule has 7 heteroatoms. The van der Waals surface area contributed by atoms with E-state index in [-0.39, 0.29) is 18.9 Å². The van der Waals surface area contributed by atoms with Crippen LogP contribution in [0.1, 0.15) is 11.1 Å². The Morgan fingerprint density at radius 3 is 2.17 bits per heavy atom. The van der Waals surface area contributed by atoms with Crippen LogP contribution in [0.5, 0.6) is 0 Å². The lowest BCUT2D eigenvalue weighted by Crippen LogP contribution is -2.51. The van der Waals surface area contributed by atoms with Gasteiger partial charge in [-0.2, -0.15) is 0 Å². The highest BCUT2D eigenvalue weighted by Gasteiger charge is 2.22. The number of nitrogens with one attached hydrogen (secondary N) is 1. The number of hydrogen-bond acceptors (Lipinski definition) is 4. The zero-order valence-corrected chi connectivity index (χ0v) is 16.4. The van der Waals surface area contributed by atoms with Crippen molar-refractivity contribution < 1.29 is 18.8 Å². The Morgan fingerprint density at radius 2 is 1.55 bits per heavy atom. The number of carbonyl (C=O) groups excluding carboxylic acids is 3. The monoisotopic (exact) mass is 397 g/mol. The Bertz CT molecular complexity index is 873. The Balaban J connectivity index is 1.42. The van der Waals surface area contributed by atoms with Crippen LogP contribution in [-0.4, -0.2) is 55.2 Å². The van der Waals surface area contributed by atoms with Gasteiger partial charge in [0.2, 0.25) is 11.7 Å². The van der Waals surface area contributed by atoms with E-state index in [0.717, 1.165) is 5.69 Å².